The molecule has 13 nitrogen and oxygen atoms in total. The van der Waals surface area contributed by atoms with Crippen molar-refractivity contribution in [1.29, 1.82) is 0 Å². The van der Waals surface area contributed by atoms with Crippen molar-refractivity contribution in [2.24, 2.45) is 0 Å². The second-order valence-electron chi connectivity index (χ2n) is 11.9. The number of aromatic carboxylic acids is 1. The smallest absolute Gasteiger partial charge is 0.341 e. The first-order valence-electron chi connectivity index (χ1n) is 15.3. The Balaban J connectivity index is 1.04. The highest BCUT2D eigenvalue weighted by molar-refractivity contribution is 5.94. The van der Waals surface area contributed by atoms with Crippen molar-refractivity contribution in [3.63, 3.8) is 0 Å². The number of carboxylic acid groups (broad SMARTS) is 1. The van der Waals surface area contributed by atoms with Gasteiger partial charge in [0.15, 0.2) is 17.3 Å². The number of carboxylic acids is 1. The Hall–Kier alpha value is -5.76. The topological polar surface area (TPSA) is 186 Å². The maximum Gasteiger partial charge on any atom is 0.341 e. The largest absolute Gasteiger partial charge is 0.507 e. The molecule has 2 aliphatic rings. The molecule has 14 heteroatoms. The van der Waals surface area contributed by atoms with Crippen LogP contribution in [0.5, 0.6) is 28.7 Å². The first kappa shape index (κ1) is 30.9. The lowest BCUT2D eigenvalue weighted by molar-refractivity contribution is 0.0694. The zero-order valence-corrected chi connectivity index (χ0v) is 25.3. The number of phenols is 3. The fraction of sp³-hybridized carbons (Fsp3) is 0.265. The molecule has 5 aromatic rings. The van der Waals surface area contributed by atoms with Crippen molar-refractivity contribution < 1.29 is 43.9 Å². The molecule has 1 aliphatic heterocycles. The van der Waals surface area contributed by atoms with Crippen LogP contribution < -0.4 is 20.5 Å². The number of rotatable bonds is 8. The van der Waals surface area contributed by atoms with E-state index in [4.69, 9.17) is 9.15 Å². The van der Waals surface area contributed by atoms with Crippen molar-refractivity contribution in [2.75, 3.05) is 44.2 Å². The third kappa shape index (κ3) is 5.49. The summed E-state index contributed by atoms with van der Waals surface area (Å²) >= 11 is 0. The summed E-state index contributed by atoms with van der Waals surface area (Å²) in [5.41, 5.74) is -1.05. The van der Waals surface area contributed by atoms with Gasteiger partial charge in [-0.1, -0.05) is 0 Å². The van der Waals surface area contributed by atoms with Crippen molar-refractivity contribution in [3.05, 3.63) is 80.5 Å². The summed E-state index contributed by atoms with van der Waals surface area (Å²) in [7, 11) is 0. The molecule has 3 aromatic carbocycles. The van der Waals surface area contributed by atoms with E-state index in [2.05, 4.69) is 4.90 Å². The molecule has 0 bridgehead atoms. The summed E-state index contributed by atoms with van der Waals surface area (Å²) in [6, 6.07) is 9.13. The summed E-state index contributed by atoms with van der Waals surface area (Å²) in [6.45, 7) is 2.83. The normalized spacial score (nSPS) is 15.3. The molecule has 1 aliphatic carbocycles. The van der Waals surface area contributed by atoms with Gasteiger partial charge < -0.3 is 44.2 Å². The second-order valence-corrected chi connectivity index (χ2v) is 11.9. The predicted molar refractivity (Wildman–Crippen MR) is 172 cm³/mol. The van der Waals surface area contributed by atoms with Crippen molar-refractivity contribution in [3.8, 4) is 40.1 Å². The van der Waals surface area contributed by atoms with Gasteiger partial charge in [-0.05, 0) is 43.2 Å². The van der Waals surface area contributed by atoms with Crippen LogP contribution >= 0.6 is 0 Å². The van der Waals surface area contributed by atoms with Crippen molar-refractivity contribution in [2.45, 2.75) is 18.9 Å². The molecule has 1 saturated carbocycles. The molecule has 0 atom stereocenters. The highest BCUT2D eigenvalue weighted by Gasteiger charge is 2.29. The molecule has 0 amide bonds. The van der Waals surface area contributed by atoms with E-state index in [0.717, 1.165) is 25.0 Å². The maximum absolute atomic E-state index is 15.3. The maximum atomic E-state index is 15.3. The third-order valence-corrected chi connectivity index (χ3v) is 8.82. The average Bonchev–Trinajstić information content (AvgIpc) is 3.90. The number of pyridine rings is 1. The van der Waals surface area contributed by atoms with Gasteiger partial charge in [0.2, 0.25) is 16.6 Å². The van der Waals surface area contributed by atoms with E-state index in [1.807, 2.05) is 4.90 Å². The highest BCUT2D eigenvalue weighted by Crippen LogP contribution is 2.39. The highest BCUT2D eigenvalue weighted by atomic mass is 19.1. The number of aromatic nitrogens is 1. The van der Waals surface area contributed by atoms with E-state index < -0.39 is 45.6 Å². The van der Waals surface area contributed by atoms with Gasteiger partial charge in [0.25, 0.3) is 0 Å². The number of ether oxygens (including phenoxy) is 1. The van der Waals surface area contributed by atoms with Gasteiger partial charge in [-0.3, -0.25) is 14.5 Å². The number of carbonyl (C=O) groups is 1. The molecular weight excluding hydrogens is 629 g/mol. The number of aromatic hydroxyl groups is 4. The minimum absolute atomic E-state index is 0.0468. The lowest BCUT2D eigenvalue weighted by Crippen LogP contribution is -2.47. The van der Waals surface area contributed by atoms with Gasteiger partial charge in [-0.25, -0.2) is 9.18 Å². The molecule has 248 valence electrons. The van der Waals surface area contributed by atoms with Gasteiger partial charge in [-0.15, -0.1) is 0 Å². The van der Waals surface area contributed by atoms with Crippen LogP contribution in [0, 0.1) is 5.82 Å². The molecule has 48 heavy (non-hydrogen) atoms. The first-order chi connectivity index (χ1) is 23.0. The van der Waals surface area contributed by atoms with Gasteiger partial charge in [0.1, 0.15) is 40.5 Å². The van der Waals surface area contributed by atoms with E-state index in [-0.39, 0.29) is 51.6 Å². The predicted octanol–water partition coefficient (Wildman–Crippen LogP) is 3.97. The fourth-order valence-electron chi connectivity index (χ4n) is 6.12. The summed E-state index contributed by atoms with van der Waals surface area (Å²) in [5, 5.41) is 49.8. The quantitative estimate of drug-likeness (QED) is 0.151. The Morgan fingerprint density at radius 2 is 1.67 bits per heavy atom. The van der Waals surface area contributed by atoms with E-state index in [1.54, 1.807) is 10.6 Å². The lowest BCUT2D eigenvalue weighted by Gasteiger charge is -2.36. The molecule has 3 heterocycles. The van der Waals surface area contributed by atoms with Gasteiger partial charge >= 0.3 is 5.97 Å². The van der Waals surface area contributed by atoms with E-state index in [1.165, 1.54) is 30.5 Å². The Bertz CT molecular complexity index is 2240. The molecule has 2 fully saturated rings. The van der Waals surface area contributed by atoms with E-state index in [9.17, 15) is 39.9 Å². The molecule has 0 spiro atoms. The summed E-state index contributed by atoms with van der Waals surface area (Å²) in [6.07, 6.45) is 3.07. The zero-order valence-electron chi connectivity index (χ0n) is 25.3. The minimum Gasteiger partial charge on any atom is -0.507 e. The molecule has 7 rings (SSSR count). The number of hydrogen-bond donors (Lipinski definition) is 5. The first-order valence-corrected chi connectivity index (χ1v) is 15.3. The third-order valence-electron chi connectivity index (χ3n) is 8.82. The van der Waals surface area contributed by atoms with Crippen LogP contribution in [0.3, 0.4) is 0 Å². The lowest BCUT2D eigenvalue weighted by atomic mass is 10.1. The van der Waals surface area contributed by atoms with Crippen LogP contribution in [-0.2, 0) is 0 Å². The molecule has 2 aromatic heterocycles. The SMILES string of the molecule is O=C(O)c1cn(C2CC2)c2cc(N3CCN(CCOc4cc(O)c5c(=O)c(O)c(-c6ccc(O)c(O)c6)oc5c4)CC3)c(F)cc2c1=O. The number of halogens is 1. The molecule has 0 unspecified atom stereocenters. The van der Waals surface area contributed by atoms with Crippen molar-refractivity contribution in [1.82, 2.24) is 9.47 Å². The Morgan fingerprint density at radius 1 is 0.917 bits per heavy atom. The Labute approximate surface area is 270 Å². The van der Waals surface area contributed by atoms with E-state index >= 15 is 4.39 Å². The monoisotopic (exact) mass is 659 g/mol. The number of piperazine rings is 1. The van der Waals surface area contributed by atoms with Crippen molar-refractivity contribution >= 4 is 33.5 Å². The molecular formula is C34H30FN3O10. The Morgan fingerprint density at radius 3 is 2.35 bits per heavy atom. The van der Waals surface area contributed by atoms with Crippen LogP contribution in [0.2, 0.25) is 0 Å². The van der Waals surface area contributed by atoms with Crippen LogP contribution in [0.15, 0.2) is 62.7 Å². The number of hydrogen-bond acceptors (Lipinski definition) is 11. The molecule has 5 N–H and O–H groups in total. The van der Waals surface area contributed by atoms with E-state index in [0.29, 0.717) is 43.9 Å². The van der Waals surface area contributed by atoms with Crippen LogP contribution in [0.25, 0.3) is 33.2 Å². The van der Waals surface area contributed by atoms with Gasteiger partial charge in [0.05, 0.1) is 11.2 Å². The van der Waals surface area contributed by atoms with Gasteiger partial charge in [-0.2, -0.15) is 0 Å². The van der Waals surface area contributed by atoms with Crippen LogP contribution in [0.1, 0.15) is 29.2 Å². The summed E-state index contributed by atoms with van der Waals surface area (Å²) < 4.78 is 28.7. The number of anilines is 1. The molecule has 0 radical (unpaired) electrons. The second kappa shape index (κ2) is 11.8. The average molecular weight is 660 g/mol. The fourth-order valence-corrected chi connectivity index (χ4v) is 6.12. The molecule has 1 saturated heterocycles. The minimum atomic E-state index is -1.34. The van der Waals surface area contributed by atoms with Crippen LogP contribution in [-0.4, -0.2) is 80.3 Å². The number of phenolic OH excluding ortho intramolecular Hbond substituents is 3. The summed E-state index contributed by atoms with van der Waals surface area (Å²) in [5.74, 6) is -4.09. The number of benzene rings is 3. The zero-order chi connectivity index (χ0) is 33.9. The standard InChI is InChI=1S/C34H30FN3O10/c35-22-14-20-23(38(18-2-3-18)16-21(30(20)42)34(45)46)15-24(22)37-7-5-36(6-8-37)9-10-47-19-12-27(41)29-28(13-19)48-33(32(44)31(29)43)17-1-4-25(39)26(40)11-17/h1,4,11-16,18,39-41,44H,2-3,5-10H2,(H,45,46). The number of nitrogens with zero attached hydrogens (tertiary/aromatic N) is 3. The van der Waals surface area contributed by atoms with Crippen LogP contribution in [0.4, 0.5) is 10.1 Å². The number of fused-ring (bicyclic) bond motifs is 2. The Kier molecular flexibility index (Phi) is 7.59. The summed E-state index contributed by atoms with van der Waals surface area (Å²) in [4.78, 5) is 41.3. The van der Waals surface area contributed by atoms with Gasteiger partial charge in [0, 0.05) is 68.0 Å².